The number of likely N-dealkylation sites (tertiary alicyclic amines) is 1. The van der Waals surface area contributed by atoms with Gasteiger partial charge >= 0.3 is 5.97 Å². The second-order valence-corrected chi connectivity index (χ2v) is 4.91. The van der Waals surface area contributed by atoms with Crippen LogP contribution in [-0.4, -0.2) is 43.0 Å². The Kier molecular flexibility index (Phi) is 4.34. The number of carbonyl (C=O) groups is 2. The Morgan fingerprint density at radius 1 is 1.35 bits per heavy atom. The molecule has 0 aromatic heterocycles. The molecule has 2 atom stereocenters. The number of amides is 1. The maximum Gasteiger partial charge on any atom is 0.310 e. The van der Waals surface area contributed by atoms with Gasteiger partial charge in [0.1, 0.15) is 5.82 Å². The van der Waals surface area contributed by atoms with Gasteiger partial charge in [0.15, 0.2) is 0 Å². The molecule has 0 saturated carbocycles. The number of halogens is 1. The molecule has 1 fully saturated rings. The predicted molar refractivity (Wildman–Crippen MR) is 70.4 cm³/mol. The molecule has 20 heavy (non-hydrogen) atoms. The molecule has 2 rings (SSSR count). The van der Waals surface area contributed by atoms with Gasteiger partial charge < -0.3 is 15.4 Å². The molecule has 0 aliphatic carbocycles. The summed E-state index contributed by atoms with van der Waals surface area (Å²) in [5.41, 5.74) is 5.86. The summed E-state index contributed by atoms with van der Waals surface area (Å²) in [7, 11) is 1.30. The van der Waals surface area contributed by atoms with Crippen LogP contribution < -0.4 is 5.73 Å². The van der Waals surface area contributed by atoms with E-state index < -0.39 is 23.6 Å². The standard InChI is InChI=1S/C14H17FN2O3/c1-20-14(19)9-6-10(16)8-17(7-9)13(18)11-4-2-3-5-12(11)15/h2-5,9-10H,6-8,16H2,1H3. The van der Waals surface area contributed by atoms with E-state index >= 15 is 0 Å². The molecule has 6 heteroatoms. The summed E-state index contributed by atoms with van der Waals surface area (Å²) in [5, 5.41) is 0. The van der Waals surface area contributed by atoms with Gasteiger partial charge in [-0.1, -0.05) is 12.1 Å². The van der Waals surface area contributed by atoms with Crippen LogP contribution in [0.5, 0.6) is 0 Å². The molecule has 2 N–H and O–H groups in total. The number of nitrogens with two attached hydrogens (primary N) is 1. The molecule has 0 bridgehead atoms. The van der Waals surface area contributed by atoms with Crippen LogP contribution in [0.15, 0.2) is 24.3 Å². The van der Waals surface area contributed by atoms with E-state index in [4.69, 9.17) is 5.73 Å². The summed E-state index contributed by atoms with van der Waals surface area (Å²) in [6.07, 6.45) is 0.466. The second kappa shape index (κ2) is 6.00. The van der Waals surface area contributed by atoms with Gasteiger partial charge in [-0.3, -0.25) is 9.59 Å². The number of hydrogen-bond donors (Lipinski definition) is 1. The van der Waals surface area contributed by atoms with Crippen molar-refractivity contribution in [3.8, 4) is 0 Å². The number of ether oxygens (including phenoxy) is 1. The predicted octanol–water partition coefficient (Wildman–Crippen LogP) is 0.788. The molecule has 0 spiro atoms. The van der Waals surface area contributed by atoms with E-state index in [1.165, 1.54) is 30.2 Å². The van der Waals surface area contributed by atoms with E-state index in [1.54, 1.807) is 6.07 Å². The SMILES string of the molecule is COC(=O)C1CC(N)CN(C(=O)c2ccccc2F)C1. The number of methoxy groups -OCH3 is 1. The van der Waals surface area contributed by atoms with E-state index in [9.17, 15) is 14.0 Å². The van der Waals surface area contributed by atoms with Gasteiger partial charge in [-0.2, -0.15) is 0 Å². The molecular weight excluding hydrogens is 263 g/mol. The summed E-state index contributed by atoms with van der Waals surface area (Å²) in [5.74, 6) is -1.88. The van der Waals surface area contributed by atoms with Crippen LogP contribution in [0.3, 0.4) is 0 Å². The van der Waals surface area contributed by atoms with Gasteiger partial charge in [0.25, 0.3) is 5.91 Å². The van der Waals surface area contributed by atoms with Crippen LogP contribution in [0, 0.1) is 11.7 Å². The van der Waals surface area contributed by atoms with Crippen molar-refractivity contribution >= 4 is 11.9 Å². The quantitative estimate of drug-likeness (QED) is 0.813. The maximum atomic E-state index is 13.6. The fourth-order valence-corrected chi connectivity index (χ4v) is 2.45. The Morgan fingerprint density at radius 3 is 2.70 bits per heavy atom. The van der Waals surface area contributed by atoms with E-state index in [-0.39, 0.29) is 18.2 Å². The Labute approximate surface area is 116 Å². The van der Waals surface area contributed by atoms with Crippen molar-refractivity contribution in [3.05, 3.63) is 35.6 Å². The number of carbonyl (C=O) groups excluding carboxylic acids is 2. The Balaban J connectivity index is 2.17. The summed E-state index contributed by atoms with van der Waals surface area (Å²) in [6.45, 7) is 0.508. The van der Waals surface area contributed by atoms with E-state index in [2.05, 4.69) is 4.74 Å². The molecule has 1 aliphatic heterocycles. The van der Waals surface area contributed by atoms with Gasteiger partial charge in [-0.15, -0.1) is 0 Å². The average molecular weight is 280 g/mol. The van der Waals surface area contributed by atoms with Crippen LogP contribution in [0.1, 0.15) is 16.8 Å². The Bertz CT molecular complexity index is 521. The number of benzene rings is 1. The van der Waals surface area contributed by atoms with Crippen molar-refractivity contribution in [2.24, 2.45) is 11.7 Å². The first-order valence-electron chi connectivity index (χ1n) is 6.40. The van der Waals surface area contributed by atoms with Crippen LogP contribution in [0.25, 0.3) is 0 Å². The molecule has 2 unspecified atom stereocenters. The smallest absolute Gasteiger partial charge is 0.310 e. The highest BCUT2D eigenvalue weighted by Crippen LogP contribution is 2.20. The van der Waals surface area contributed by atoms with E-state index in [0.717, 1.165) is 0 Å². The number of rotatable bonds is 2. The largest absolute Gasteiger partial charge is 0.469 e. The third kappa shape index (κ3) is 2.96. The van der Waals surface area contributed by atoms with Crippen LogP contribution in [0.4, 0.5) is 4.39 Å². The van der Waals surface area contributed by atoms with Crippen LogP contribution in [-0.2, 0) is 9.53 Å². The third-order valence-electron chi connectivity index (χ3n) is 3.41. The Hall–Kier alpha value is -1.95. The lowest BCUT2D eigenvalue weighted by Gasteiger charge is -2.35. The summed E-state index contributed by atoms with van der Waals surface area (Å²) in [6, 6.07) is 5.45. The first-order valence-corrected chi connectivity index (χ1v) is 6.40. The molecule has 1 aliphatic rings. The van der Waals surface area contributed by atoms with Crippen molar-refractivity contribution < 1.29 is 18.7 Å². The molecule has 1 amide bonds. The highest BCUT2D eigenvalue weighted by atomic mass is 19.1. The minimum Gasteiger partial charge on any atom is -0.469 e. The molecule has 1 aromatic rings. The zero-order chi connectivity index (χ0) is 14.7. The molecular formula is C14H17FN2O3. The summed E-state index contributed by atoms with van der Waals surface area (Å²) in [4.78, 5) is 25.3. The average Bonchev–Trinajstić information content (AvgIpc) is 2.45. The molecule has 5 nitrogen and oxygen atoms in total. The van der Waals surface area contributed by atoms with E-state index in [0.29, 0.717) is 13.0 Å². The van der Waals surface area contributed by atoms with Crippen molar-refractivity contribution in [1.82, 2.24) is 4.90 Å². The van der Waals surface area contributed by atoms with Crippen molar-refractivity contribution in [1.29, 1.82) is 0 Å². The number of esters is 1. The lowest BCUT2D eigenvalue weighted by Crippen LogP contribution is -2.51. The summed E-state index contributed by atoms with van der Waals surface area (Å²) >= 11 is 0. The minimum atomic E-state index is -0.578. The first kappa shape index (κ1) is 14.5. The molecule has 1 saturated heterocycles. The Morgan fingerprint density at radius 2 is 2.05 bits per heavy atom. The number of nitrogens with zero attached hydrogens (tertiary/aromatic N) is 1. The van der Waals surface area contributed by atoms with Gasteiger partial charge in [0.05, 0.1) is 18.6 Å². The zero-order valence-electron chi connectivity index (χ0n) is 11.2. The van der Waals surface area contributed by atoms with Crippen molar-refractivity contribution in [2.45, 2.75) is 12.5 Å². The highest BCUT2D eigenvalue weighted by molar-refractivity contribution is 5.95. The van der Waals surface area contributed by atoms with Crippen molar-refractivity contribution in [3.63, 3.8) is 0 Å². The lowest BCUT2D eigenvalue weighted by molar-refractivity contribution is -0.147. The molecule has 1 heterocycles. The first-order chi connectivity index (χ1) is 9.52. The monoisotopic (exact) mass is 280 g/mol. The second-order valence-electron chi connectivity index (χ2n) is 4.91. The number of hydrogen-bond acceptors (Lipinski definition) is 4. The van der Waals surface area contributed by atoms with Crippen LogP contribution >= 0.6 is 0 Å². The molecule has 1 aromatic carbocycles. The van der Waals surface area contributed by atoms with Crippen LogP contribution in [0.2, 0.25) is 0 Å². The minimum absolute atomic E-state index is 0.00906. The lowest BCUT2D eigenvalue weighted by atomic mass is 9.94. The maximum absolute atomic E-state index is 13.6. The highest BCUT2D eigenvalue weighted by Gasteiger charge is 2.33. The van der Waals surface area contributed by atoms with Gasteiger partial charge in [0.2, 0.25) is 0 Å². The van der Waals surface area contributed by atoms with E-state index in [1.807, 2.05) is 0 Å². The molecule has 108 valence electrons. The fraction of sp³-hybridized carbons (Fsp3) is 0.429. The fourth-order valence-electron chi connectivity index (χ4n) is 2.45. The normalized spacial score (nSPS) is 22.4. The van der Waals surface area contributed by atoms with Gasteiger partial charge in [-0.05, 0) is 18.6 Å². The van der Waals surface area contributed by atoms with Gasteiger partial charge in [-0.25, -0.2) is 4.39 Å². The molecule has 0 radical (unpaired) electrons. The number of piperidine rings is 1. The zero-order valence-corrected chi connectivity index (χ0v) is 11.2. The topological polar surface area (TPSA) is 72.6 Å². The van der Waals surface area contributed by atoms with Crippen molar-refractivity contribution in [2.75, 3.05) is 20.2 Å². The third-order valence-corrected chi connectivity index (χ3v) is 3.41. The summed E-state index contributed by atoms with van der Waals surface area (Å²) < 4.78 is 18.3. The van der Waals surface area contributed by atoms with Gasteiger partial charge in [0, 0.05) is 19.1 Å².